The Hall–Kier alpha value is -1.02. The second kappa shape index (κ2) is 12.4. The summed E-state index contributed by atoms with van der Waals surface area (Å²) in [6, 6.07) is 8.83. The Balaban J connectivity index is 0.00000312. The topological polar surface area (TPSA) is 42.9 Å². The minimum atomic E-state index is 0. The summed E-state index contributed by atoms with van der Waals surface area (Å²) in [6.07, 6.45) is 2.27. The Bertz CT molecular complexity index is 512. The van der Waals surface area contributed by atoms with Crippen LogP contribution in [0.5, 0.6) is 0 Å². The smallest absolute Gasteiger partial charge is 0.190 e. The molecule has 1 heterocycles. The SMILES string of the molecule is CCCNC(=NC)NCCCN1CCN(c2cccc(C)c2)CC1.I. The van der Waals surface area contributed by atoms with Crippen molar-refractivity contribution in [2.45, 2.75) is 26.7 Å². The van der Waals surface area contributed by atoms with Crippen molar-refractivity contribution < 1.29 is 0 Å². The van der Waals surface area contributed by atoms with Gasteiger partial charge in [-0.2, -0.15) is 0 Å². The van der Waals surface area contributed by atoms with Crippen LogP contribution in [0.1, 0.15) is 25.3 Å². The van der Waals surface area contributed by atoms with E-state index in [1.807, 2.05) is 7.05 Å². The molecule has 5 nitrogen and oxygen atoms in total. The van der Waals surface area contributed by atoms with Gasteiger partial charge < -0.3 is 15.5 Å². The molecule has 1 aliphatic rings. The van der Waals surface area contributed by atoms with Crippen molar-refractivity contribution in [2.24, 2.45) is 4.99 Å². The van der Waals surface area contributed by atoms with Gasteiger partial charge in [0, 0.05) is 52.0 Å². The fourth-order valence-corrected chi connectivity index (χ4v) is 3.03. The van der Waals surface area contributed by atoms with Gasteiger partial charge in [0.2, 0.25) is 0 Å². The van der Waals surface area contributed by atoms with Crippen molar-refractivity contribution in [3.63, 3.8) is 0 Å². The molecule has 25 heavy (non-hydrogen) atoms. The van der Waals surface area contributed by atoms with Gasteiger partial charge in [0.25, 0.3) is 0 Å². The first-order valence-electron chi connectivity index (χ1n) is 9.21. The molecular formula is C19H34IN5. The molecule has 2 N–H and O–H groups in total. The highest BCUT2D eigenvalue weighted by Crippen LogP contribution is 2.17. The molecule has 142 valence electrons. The lowest BCUT2D eigenvalue weighted by Crippen LogP contribution is -2.47. The minimum absolute atomic E-state index is 0. The Morgan fingerprint density at radius 3 is 2.48 bits per heavy atom. The zero-order valence-electron chi connectivity index (χ0n) is 15.9. The van der Waals surface area contributed by atoms with Gasteiger partial charge in [0.15, 0.2) is 5.96 Å². The maximum absolute atomic E-state index is 4.23. The quantitative estimate of drug-likeness (QED) is 0.285. The largest absolute Gasteiger partial charge is 0.369 e. The van der Waals surface area contributed by atoms with Crippen molar-refractivity contribution in [1.82, 2.24) is 15.5 Å². The first kappa shape index (κ1) is 22.0. The van der Waals surface area contributed by atoms with Crippen molar-refractivity contribution >= 4 is 35.6 Å². The van der Waals surface area contributed by atoms with Crippen LogP contribution in [-0.4, -0.2) is 63.7 Å². The molecule has 0 amide bonds. The highest BCUT2D eigenvalue weighted by Gasteiger charge is 2.16. The summed E-state index contributed by atoms with van der Waals surface area (Å²) in [5, 5.41) is 6.69. The van der Waals surface area contributed by atoms with Crippen molar-refractivity contribution in [2.75, 3.05) is 57.8 Å². The van der Waals surface area contributed by atoms with E-state index < -0.39 is 0 Å². The molecule has 0 saturated carbocycles. The first-order valence-corrected chi connectivity index (χ1v) is 9.21. The van der Waals surface area contributed by atoms with Crippen molar-refractivity contribution in [1.29, 1.82) is 0 Å². The van der Waals surface area contributed by atoms with E-state index in [4.69, 9.17) is 0 Å². The fraction of sp³-hybridized carbons (Fsp3) is 0.632. The highest BCUT2D eigenvalue weighted by molar-refractivity contribution is 14.0. The van der Waals surface area contributed by atoms with Gasteiger partial charge in [-0.05, 0) is 44.0 Å². The standard InChI is InChI=1S/C19H33N5.HI/c1-4-9-21-19(20-3)22-10-6-11-23-12-14-24(15-13-23)18-8-5-7-17(2)16-18;/h5,7-8,16H,4,6,9-15H2,1-3H3,(H2,20,21,22);1H. The van der Waals surface area contributed by atoms with E-state index in [0.29, 0.717) is 0 Å². The summed E-state index contributed by atoms with van der Waals surface area (Å²) in [4.78, 5) is 9.30. The lowest BCUT2D eigenvalue weighted by Gasteiger charge is -2.36. The fourth-order valence-electron chi connectivity index (χ4n) is 3.03. The van der Waals surface area contributed by atoms with E-state index in [1.165, 1.54) is 11.3 Å². The van der Waals surface area contributed by atoms with Crippen LogP contribution in [0.25, 0.3) is 0 Å². The predicted molar refractivity (Wildman–Crippen MR) is 120 cm³/mol. The molecule has 2 rings (SSSR count). The molecule has 0 atom stereocenters. The van der Waals surface area contributed by atoms with Crippen LogP contribution in [0.4, 0.5) is 5.69 Å². The Labute approximate surface area is 170 Å². The van der Waals surface area contributed by atoms with Gasteiger partial charge in [-0.15, -0.1) is 24.0 Å². The Kier molecular flexibility index (Phi) is 10.9. The van der Waals surface area contributed by atoms with Crippen LogP contribution in [0.3, 0.4) is 0 Å². The molecule has 0 aliphatic carbocycles. The maximum Gasteiger partial charge on any atom is 0.190 e. The molecule has 0 bridgehead atoms. The molecule has 1 aromatic carbocycles. The van der Waals surface area contributed by atoms with Gasteiger partial charge in [-0.3, -0.25) is 9.89 Å². The number of piperazine rings is 1. The second-order valence-corrected chi connectivity index (χ2v) is 6.45. The number of aliphatic imine (C=N–C) groups is 1. The molecule has 6 heteroatoms. The van der Waals surface area contributed by atoms with E-state index in [-0.39, 0.29) is 24.0 Å². The number of rotatable bonds is 7. The van der Waals surface area contributed by atoms with Crippen LogP contribution in [0.2, 0.25) is 0 Å². The van der Waals surface area contributed by atoms with Gasteiger partial charge in [0.1, 0.15) is 0 Å². The third-order valence-electron chi connectivity index (χ3n) is 4.45. The number of guanidine groups is 1. The van der Waals surface area contributed by atoms with E-state index in [2.05, 4.69) is 63.5 Å². The molecule has 1 aromatic rings. The van der Waals surface area contributed by atoms with Crippen LogP contribution >= 0.6 is 24.0 Å². The van der Waals surface area contributed by atoms with E-state index >= 15 is 0 Å². The van der Waals surface area contributed by atoms with Gasteiger partial charge in [0.05, 0.1) is 0 Å². The molecule has 0 spiro atoms. The number of halogens is 1. The molecule has 1 saturated heterocycles. The molecule has 1 fully saturated rings. The van der Waals surface area contributed by atoms with Crippen LogP contribution in [0, 0.1) is 6.92 Å². The molecule has 1 aliphatic heterocycles. The Morgan fingerprint density at radius 1 is 1.12 bits per heavy atom. The number of nitrogens with zero attached hydrogens (tertiary/aromatic N) is 3. The lowest BCUT2D eigenvalue weighted by atomic mass is 10.2. The lowest BCUT2D eigenvalue weighted by molar-refractivity contribution is 0.255. The average molecular weight is 459 g/mol. The van der Waals surface area contributed by atoms with E-state index in [1.54, 1.807) is 0 Å². The zero-order valence-corrected chi connectivity index (χ0v) is 18.3. The zero-order chi connectivity index (χ0) is 17.2. The average Bonchev–Trinajstić information content (AvgIpc) is 2.61. The van der Waals surface area contributed by atoms with Crippen molar-refractivity contribution in [3.05, 3.63) is 29.8 Å². The number of aryl methyl sites for hydroxylation is 1. The first-order chi connectivity index (χ1) is 11.7. The predicted octanol–water partition coefficient (Wildman–Crippen LogP) is 2.70. The summed E-state index contributed by atoms with van der Waals surface area (Å²) in [5.74, 6) is 0.918. The summed E-state index contributed by atoms with van der Waals surface area (Å²) in [7, 11) is 1.83. The van der Waals surface area contributed by atoms with Crippen LogP contribution in [-0.2, 0) is 0 Å². The molecule has 0 aromatic heterocycles. The molecule has 0 radical (unpaired) electrons. The third-order valence-corrected chi connectivity index (χ3v) is 4.45. The number of hydrogen-bond donors (Lipinski definition) is 2. The second-order valence-electron chi connectivity index (χ2n) is 6.45. The van der Waals surface area contributed by atoms with Gasteiger partial charge in [-0.1, -0.05) is 19.1 Å². The van der Waals surface area contributed by atoms with Crippen LogP contribution in [0.15, 0.2) is 29.3 Å². The number of hydrogen-bond acceptors (Lipinski definition) is 3. The minimum Gasteiger partial charge on any atom is -0.369 e. The molecular weight excluding hydrogens is 425 g/mol. The third kappa shape index (κ3) is 7.81. The highest BCUT2D eigenvalue weighted by atomic mass is 127. The number of anilines is 1. The number of benzene rings is 1. The molecule has 0 unspecified atom stereocenters. The summed E-state index contributed by atoms with van der Waals surface area (Å²) >= 11 is 0. The van der Waals surface area contributed by atoms with Crippen molar-refractivity contribution in [3.8, 4) is 0 Å². The van der Waals surface area contributed by atoms with E-state index in [9.17, 15) is 0 Å². The van der Waals surface area contributed by atoms with E-state index in [0.717, 1.165) is 64.6 Å². The Morgan fingerprint density at radius 2 is 1.84 bits per heavy atom. The van der Waals surface area contributed by atoms with Crippen LogP contribution < -0.4 is 15.5 Å². The van der Waals surface area contributed by atoms with Gasteiger partial charge in [-0.25, -0.2) is 0 Å². The summed E-state index contributed by atoms with van der Waals surface area (Å²) < 4.78 is 0. The summed E-state index contributed by atoms with van der Waals surface area (Å²) in [6.45, 7) is 12.0. The summed E-state index contributed by atoms with van der Waals surface area (Å²) in [5.41, 5.74) is 2.70. The monoisotopic (exact) mass is 459 g/mol. The number of nitrogens with one attached hydrogen (secondary N) is 2. The van der Waals surface area contributed by atoms with Gasteiger partial charge >= 0.3 is 0 Å². The maximum atomic E-state index is 4.23. The normalized spacial score (nSPS) is 15.6.